The number of fused-ring (bicyclic) bond motifs is 10. The van der Waals surface area contributed by atoms with Gasteiger partial charge in [0, 0.05) is 126 Å². The summed E-state index contributed by atoms with van der Waals surface area (Å²) in [6.07, 6.45) is 16.3. The monoisotopic (exact) mass is 1980 g/mol. The van der Waals surface area contributed by atoms with E-state index in [2.05, 4.69) is 103 Å². The van der Waals surface area contributed by atoms with E-state index in [1.165, 1.54) is 49.9 Å². The summed E-state index contributed by atoms with van der Waals surface area (Å²) in [7, 11) is 5.91. The topological polar surface area (TPSA) is 354 Å². The van der Waals surface area contributed by atoms with Crippen molar-refractivity contribution in [2.24, 2.45) is 0 Å². The minimum Gasteiger partial charge on any atom is -0.477 e. The Morgan fingerprint density at radius 2 is 0.827 bits per heavy atom. The SMILES string of the molecule is CN(CCOC(=O)NCCOCCOCCCCCCCl)c1cc2c(s1)-c1oc(/C=C(\C#N)C(=O)OC(C)(C)C)cc1C2(C)C.CN(CCOC(=O)NCCOCCOCCCCCCCl)c1cc2c(s1)-c1sc(/C=C(\C#N)C(=O)O)cc1C2(C)C.CN(CCOC(=O)NCCOCCOCCCCCCCl)c1cc2c(s1)-c1sc(/C=C(\C#N)c3nc4ccccc4o3)cc1C2(C)C. The second kappa shape index (κ2) is 54.0. The van der Waals surface area contributed by atoms with E-state index in [-0.39, 0.29) is 47.2 Å². The zero-order valence-corrected chi connectivity index (χ0v) is 84.5. The number of oxazole rings is 1. The number of hydrogen-bond acceptors (Lipinski definition) is 29. The van der Waals surface area contributed by atoms with Gasteiger partial charge in [-0.05, 0) is 148 Å². The third-order valence-corrected chi connectivity index (χ3v) is 29.0. The number of carbonyl (C=O) groups is 5. The highest BCUT2D eigenvalue weighted by Crippen LogP contribution is 2.60. The molecule has 0 saturated carbocycles. The van der Waals surface area contributed by atoms with Gasteiger partial charge < -0.3 is 92.0 Å². The van der Waals surface area contributed by atoms with E-state index < -0.39 is 35.8 Å². The van der Waals surface area contributed by atoms with Crippen LogP contribution in [0.3, 0.4) is 0 Å². The molecule has 3 amide bonds. The molecular formula is C97H125Cl3N10O18S5. The van der Waals surface area contributed by atoms with Crippen LogP contribution in [0.15, 0.2) is 80.6 Å². The zero-order chi connectivity index (χ0) is 96.1. The number of rotatable bonds is 54. The predicted molar refractivity (Wildman–Crippen MR) is 532 cm³/mol. The van der Waals surface area contributed by atoms with Crippen LogP contribution in [-0.2, 0) is 73.2 Å². The number of nitrogens with one attached hydrogen (secondary N) is 3. The fourth-order valence-electron chi connectivity index (χ4n) is 14.5. The number of thiophene rings is 5. The largest absolute Gasteiger partial charge is 0.477 e. The van der Waals surface area contributed by atoms with Crippen molar-refractivity contribution in [3.63, 3.8) is 0 Å². The highest BCUT2D eigenvalue weighted by molar-refractivity contribution is 7.26. The van der Waals surface area contributed by atoms with Crippen molar-refractivity contribution >= 4 is 172 Å². The third-order valence-electron chi connectivity index (χ3n) is 22.0. The van der Waals surface area contributed by atoms with Gasteiger partial charge in [-0.3, -0.25) is 0 Å². The third kappa shape index (κ3) is 32.0. The molecule has 8 aromatic rings. The van der Waals surface area contributed by atoms with Gasteiger partial charge in [-0.25, -0.2) is 29.0 Å². The maximum absolute atomic E-state index is 12.4. The molecule has 0 aliphatic heterocycles. The van der Waals surface area contributed by atoms with Crippen molar-refractivity contribution in [2.45, 2.75) is 161 Å². The van der Waals surface area contributed by atoms with Crippen molar-refractivity contribution in [1.82, 2.24) is 20.9 Å². The normalized spacial score (nSPS) is 13.5. The number of allylic oxidation sites excluding steroid dienone is 1. The van der Waals surface area contributed by atoms with E-state index in [1.807, 2.05) is 74.6 Å². The lowest BCUT2D eigenvalue weighted by Gasteiger charge is -2.20. The van der Waals surface area contributed by atoms with E-state index in [1.54, 1.807) is 72.2 Å². The summed E-state index contributed by atoms with van der Waals surface area (Å²) in [4.78, 5) is 78.1. The number of halogens is 3. The number of aliphatic carboxylic acids is 1. The summed E-state index contributed by atoms with van der Waals surface area (Å²) in [5, 5.41) is 49.0. The molecule has 4 N–H and O–H groups in total. The van der Waals surface area contributed by atoms with Crippen molar-refractivity contribution in [3.05, 3.63) is 127 Å². The van der Waals surface area contributed by atoms with E-state index in [0.29, 0.717) is 133 Å². The summed E-state index contributed by atoms with van der Waals surface area (Å²) in [6.45, 7) is 28.1. The number of amides is 3. The van der Waals surface area contributed by atoms with Gasteiger partial charge in [0.25, 0.3) is 0 Å². The smallest absolute Gasteiger partial charge is 0.407 e. The molecule has 0 atom stereocenters. The summed E-state index contributed by atoms with van der Waals surface area (Å²) in [5.41, 5.74) is 6.94. The van der Waals surface area contributed by atoms with E-state index >= 15 is 0 Å². The summed E-state index contributed by atoms with van der Waals surface area (Å²) in [5.74, 6) is 1.71. The summed E-state index contributed by atoms with van der Waals surface area (Å²) >= 11 is 25.1. The molecule has 11 rings (SSSR count). The van der Waals surface area contributed by atoms with Crippen LogP contribution >= 0.6 is 91.5 Å². The fraction of sp³-hybridized carbons (Fsp3) is 0.536. The van der Waals surface area contributed by atoms with Crippen LogP contribution in [0, 0.1) is 34.0 Å². The summed E-state index contributed by atoms with van der Waals surface area (Å²) < 4.78 is 66.5. The Morgan fingerprint density at radius 3 is 1.23 bits per heavy atom. The second-order valence-corrected chi connectivity index (χ2v) is 40.7. The molecule has 722 valence electrons. The van der Waals surface area contributed by atoms with Gasteiger partial charge in [0.05, 0.1) is 109 Å². The van der Waals surface area contributed by atoms with Crippen LogP contribution < -0.4 is 30.7 Å². The van der Waals surface area contributed by atoms with Crippen LogP contribution in [0.2, 0.25) is 0 Å². The lowest BCUT2D eigenvalue weighted by atomic mass is 9.84. The molecule has 1 aromatic carbocycles. The number of nitrogens with zero attached hydrogens (tertiary/aromatic N) is 7. The second-order valence-electron chi connectivity index (χ2n) is 34.3. The van der Waals surface area contributed by atoms with Gasteiger partial charge in [-0.1, -0.05) is 92.2 Å². The molecule has 7 heterocycles. The number of para-hydroxylation sites is 2. The molecule has 0 unspecified atom stereocenters. The number of unbranched alkanes of at least 4 members (excludes halogenated alkanes) is 9. The Labute approximate surface area is 815 Å². The molecule has 7 aromatic heterocycles. The Morgan fingerprint density at radius 1 is 0.451 bits per heavy atom. The first kappa shape index (κ1) is 108. The number of benzene rings is 1. The Hall–Kier alpha value is -9.06. The molecule has 3 aliphatic rings. The molecule has 0 radical (unpaired) electrons. The number of likely N-dealkylation sites (N-methyl/N-ethyl adjacent to an activating group) is 3. The zero-order valence-electron chi connectivity index (χ0n) is 78.2. The number of hydrogen-bond donors (Lipinski definition) is 4. The van der Waals surface area contributed by atoms with Crippen LogP contribution in [0.25, 0.3) is 65.0 Å². The molecule has 36 heteroatoms. The van der Waals surface area contributed by atoms with Crippen LogP contribution in [0.5, 0.6) is 0 Å². The van der Waals surface area contributed by atoms with Crippen LogP contribution in [0.4, 0.5) is 29.4 Å². The van der Waals surface area contributed by atoms with Crippen molar-refractivity contribution in [2.75, 3.05) is 192 Å². The number of nitriles is 3. The molecule has 133 heavy (non-hydrogen) atoms. The van der Waals surface area contributed by atoms with Gasteiger partial charge >= 0.3 is 30.2 Å². The first-order valence-corrected chi connectivity index (χ1v) is 50.6. The maximum Gasteiger partial charge on any atom is 0.407 e. The number of carbonyl (C=O) groups excluding carboxylic acids is 4. The van der Waals surface area contributed by atoms with Crippen molar-refractivity contribution < 1.29 is 85.3 Å². The van der Waals surface area contributed by atoms with E-state index in [9.17, 15) is 39.6 Å². The Kier molecular flexibility index (Phi) is 43.7. The van der Waals surface area contributed by atoms with Gasteiger partial charge in [0.15, 0.2) is 5.58 Å². The van der Waals surface area contributed by atoms with Gasteiger partial charge in [-0.2, -0.15) is 15.8 Å². The predicted octanol–water partition coefficient (Wildman–Crippen LogP) is 21.3. The summed E-state index contributed by atoms with van der Waals surface area (Å²) in [6, 6.07) is 26.0. The Bertz CT molecular complexity index is 5310. The molecule has 0 saturated heterocycles. The first-order chi connectivity index (χ1) is 63.9. The highest BCUT2D eigenvalue weighted by Gasteiger charge is 2.44. The Balaban J connectivity index is 0.000000225. The van der Waals surface area contributed by atoms with E-state index in [0.717, 1.165) is 170 Å². The number of ether oxygens (including phenoxy) is 10. The van der Waals surface area contributed by atoms with Gasteiger partial charge in [0.2, 0.25) is 5.89 Å². The minimum atomic E-state index is -1.23. The first-order valence-electron chi connectivity index (χ1n) is 44.9. The quantitative estimate of drug-likeness (QED) is 0.00687. The minimum absolute atomic E-state index is 0.121. The lowest BCUT2D eigenvalue weighted by Crippen LogP contribution is -2.31. The average molecular weight is 1990 g/mol. The molecular weight excluding hydrogens is 1860 g/mol. The van der Waals surface area contributed by atoms with Crippen LogP contribution in [-0.4, -0.2) is 223 Å². The number of anilines is 3. The molecule has 3 aliphatic carbocycles. The highest BCUT2D eigenvalue weighted by atomic mass is 35.5. The molecule has 0 fully saturated rings. The van der Waals surface area contributed by atoms with Gasteiger partial charge in [-0.15, -0.1) is 91.5 Å². The molecule has 0 spiro atoms. The van der Waals surface area contributed by atoms with Crippen LogP contribution in [0.1, 0.15) is 194 Å². The number of esters is 1. The molecule has 0 bridgehead atoms. The maximum atomic E-state index is 12.4. The lowest BCUT2D eigenvalue weighted by molar-refractivity contribution is -0.149. The number of aromatic nitrogens is 1. The standard InChI is InChI=1S/C35H41ClN4O5S2.C33H46ClN3O7S.C29H38ClN3O6S2/c1-35(2)26-21-25(20-24(23-37)33-39-28-10-6-7-11-29(28)45-33)46-31(26)32-27(35)22-30(47-32)40(3)14-17-44-34(41)38-13-16-43-19-18-42-15-9-5-4-8-12-36;1-32(2,3)44-30(38)23(22-35)19-24-20-25-28(43-24)29-26(33(25,4)5)21-27(45-29)37(6)13-16-42-31(39)36-12-15-41-18-17-40-14-10-8-7-9-11-34;1-29(2)22-17-21(16-20(19-31)27(34)35)40-25(22)26-23(29)18-24(41-26)33(3)10-13-39-28(36)32-9-12-38-15-14-37-11-7-5-4-6-8-30/h6-7,10-11,20-22H,4-5,8-9,12-19H2,1-3H3,(H,38,41);19-21H,7-18H2,1-6H3,(H,36,39);16-18H,4-15H2,1-3H3,(H,32,36)(H,34,35)/b24-20+;23-19+;20-16+. The van der Waals surface area contributed by atoms with Crippen molar-refractivity contribution in [1.29, 1.82) is 15.8 Å². The number of carboxylic acids is 1. The van der Waals surface area contributed by atoms with Crippen molar-refractivity contribution in [3.8, 4) is 48.4 Å². The van der Waals surface area contributed by atoms with Gasteiger partial charge in [0.1, 0.15) is 77.4 Å². The number of alkyl halides is 3. The number of furan rings is 1. The van der Waals surface area contributed by atoms with E-state index in [4.69, 9.17) is 96.3 Å². The number of alkyl carbamates (subject to hydrolysis) is 3. The molecule has 28 nitrogen and oxygen atoms in total. The number of carboxylic acid groups (broad SMARTS) is 1. The average Bonchev–Trinajstić information content (AvgIpc) is 1.57. The fourth-order valence-corrected chi connectivity index (χ4v) is 21.8.